The van der Waals surface area contributed by atoms with Crippen molar-refractivity contribution < 1.29 is 14.3 Å². The lowest BCUT2D eigenvalue weighted by molar-refractivity contribution is -0.126. The molecule has 2 aliphatic rings. The summed E-state index contributed by atoms with van der Waals surface area (Å²) >= 11 is 0. The quantitative estimate of drug-likeness (QED) is 0.559. The number of carbonyl (C=O) groups is 2. The van der Waals surface area contributed by atoms with Crippen LogP contribution in [0.2, 0.25) is 0 Å². The minimum atomic E-state index is 0.129. The van der Waals surface area contributed by atoms with Crippen molar-refractivity contribution in [2.24, 2.45) is 5.92 Å². The highest BCUT2D eigenvalue weighted by molar-refractivity contribution is 5.96. The van der Waals surface area contributed by atoms with Gasteiger partial charge in [0.05, 0.1) is 6.61 Å². The van der Waals surface area contributed by atoms with E-state index in [1.54, 1.807) is 4.90 Å². The Morgan fingerprint density at radius 3 is 2.52 bits per heavy atom. The van der Waals surface area contributed by atoms with Crippen molar-refractivity contribution in [1.29, 1.82) is 0 Å². The maximum atomic E-state index is 12.9. The largest absolute Gasteiger partial charge is 0.493 e. The fraction of sp³-hybridized carbons (Fsp3) is 0.357. The molecule has 5 nitrogen and oxygen atoms in total. The van der Waals surface area contributed by atoms with E-state index in [9.17, 15) is 9.59 Å². The van der Waals surface area contributed by atoms with E-state index in [-0.39, 0.29) is 17.7 Å². The standard InChI is InChI=1S/C28H30N2O3/c1-29-18-20(14-27(29)31)19-33-26-11-10-21-8-9-23(16-25(21)17-26)22-6-5-7-24(15-22)28(32)30-12-3-2-4-13-30/h5-11,15-17,20H,2-4,12-14,18-19H2,1H3. The minimum absolute atomic E-state index is 0.129. The molecular weight excluding hydrogens is 412 g/mol. The van der Waals surface area contributed by atoms with Gasteiger partial charge in [0.15, 0.2) is 0 Å². The molecule has 5 heteroatoms. The highest BCUT2D eigenvalue weighted by Gasteiger charge is 2.27. The molecule has 1 atom stereocenters. The molecule has 2 amide bonds. The van der Waals surface area contributed by atoms with Crippen molar-refractivity contribution in [3.8, 4) is 16.9 Å². The second-order valence-corrected chi connectivity index (χ2v) is 9.31. The molecule has 0 spiro atoms. The van der Waals surface area contributed by atoms with E-state index in [4.69, 9.17) is 4.74 Å². The van der Waals surface area contributed by atoms with Crippen LogP contribution in [0.1, 0.15) is 36.0 Å². The molecule has 2 saturated heterocycles. The van der Waals surface area contributed by atoms with Gasteiger partial charge in [0.2, 0.25) is 5.91 Å². The average molecular weight is 443 g/mol. The van der Waals surface area contributed by atoms with Gasteiger partial charge >= 0.3 is 0 Å². The van der Waals surface area contributed by atoms with Crippen molar-refractivity contribution in [2.45, 2.75) is 25.7 Å². The predicted octanol–water partition coefficient (Wildman–Crippen LogP) is 4.99. The molecule has 0 aromatic heterocycles. The van der Waals surface area contributed by atoms with Crippen LogP contribution < -0.4 is 4.74 Å². The number of hydrogen-bond donors (Lipinski definition) is 0. The second kappa shape index (κ2) is 9.26. The van der Waals surface area contributed by atoms with Gasteiger partial charge in [-0.1, -0.05) is 30.3 Å². The van der Waals surface area contributed by atoms with Crippen LogP contribution in [0, 0.1) is 5.92 Å². The first-order valence-corrected chi connectivity index (χ1v) is 11.9. The molecule has 2 heterocycles. The number of carbonyl (C=O) groups excluding carboxylic acids is 2. The van der Waals surface area contributed by atoms with Gasteiger partial charge in [0.25, 0.3) is 5.91 Å². The number of piperidine rings is 1. The number of nitrogens with zero attached hydrogens (tertiary/aromatic N) is 2. The normalized spacial score (nSPS) is 18.7. The molecule has 0 aliphatic carbocycles. The van der Waals surface area contributed by atoms with Gasteiger partial charge in [0.1, 0.15) is 5.75 Å². The summed E-state index contributed by atoms with van der Waals surface area (Å²) in [7, 11) is 1.84. The van der Waals surface area contributed by atoms with E-state index in [0.717, 1.165) is 65.7 Å². The topological polar surface area (TPSA) is 49.9 Å². The van der Waals surface area contributed by atoms with Crippen LogP contribution in [0.3, 0.4) is 0 Å². The van der Waals surface area contributed by atoms with Gasteiger partial charge in [-0.15, -0.1) is 0 Å². The lowest BCUT2D eigenvalue weighted by atomic mass is 9.99. The van der Waals surface area contributed by atoms with E-state index in [1.165, 1.54) is 6.42 Å². The van der Waals surface area contributed by atoms with Crippen LogP contribution in [-0.2, 0) is 4.79 Å². The SMILES string of the molecule is CN1CC(COc2ccc3ccc(-c4cccc(C(=O)N5CCCCC5)c4)cc3c2)CC1=O. The monoisotopic (exact) mass is 442 g/mol. The Hall–Kier alpha value is -3.34. The van der Waals surface area contributed by atoms with Crippen LogP contribution in [-0.4, -0.2) is 54.9 Å². The van der Waals surface area contributed by atoms with Crippen molar-refractivity contribution >= 4 is 22.6 Å². The molecule has 0 saturated carbocycles. The molecule has 170 valence electrons. The molecule has 0 radical (unpaired) electrons. The van der Waals surface area contributed by atoms with Gasteiger partial charge in [-0.05, 0) is 71.5 Å². The van der Waals surface area contributed by atoms with Crippen molar-refractivity contribution in [3.05, 3.63) is 66.2 Å². The zero-order valence-corrected chi connectivity index (χ0v) is 19.1. The highest BCUT2D eigenvalue weighted by Crippen LogP contribution is 2.29. The maximum Gasteiger partial charge on any atom is 0.253 e. The fourth-order valence-electron chi connectivity index (χ4n) is 4.89. The molecule has 3 aromatic carbocycles. The molecule has 0 N–H and O–H groups in total. The Bertz CT molecular complexity index is 1180. The van der Waals surface area contributed by atoms with E-state index in [0.29, 0.717) is 13.0 Å². The number of ether oxygens (including phenoxy) is 1. The summed E-state index contributed by atoms with van der Waals surface area (Å²) < 4.78 is 6.03. The third kappa shape index (κ3) is 4.72. The van der Waals surface area contributed by atoms with E-state index in [1.807, 2.05) is 36.2 Å². The Kier molecular flexibility index (Phi) is 6.03. The first-order chi connectivity index (χ1) is 16.1. The van der Waals surface area contributed by atoms with Gasteiger partial charge < -0.3 is 14.5 Å². The number of rotatable bonds is 5. The molecule has 1 unspecified atom stereocenters. The van der Waals surface area contributed by atoms with E-state index >= 15 is 0 Å². The summed E-state index contributed by atoms with van der Waals surface area (Å²) in [5.41, 5.74) is 2.87. The van der Waals surface area contributed by atoms with Crippen LogP contribution in [0.5, 0.6) is 5.75 Å². The summed E-state index contributed by atoms with van der Waals surface area (Å²) in [6, 6.07) is 20.4. The third-order valence-electron chi connectivity index (χ3n) is 6.80. The third-order valence-corrected chi connectivity index (χ3v) is 6.80. The van der Waals surface area contributed by atoms with Gasteiger partial charge in [-0.3, -0.25) is 9.59 Å². The number of benzene rings is 3. The fourth-order valence-corrected chi connectivity index (χ4v) is 4.89. The molecular formula is C28H30N2O3. The van der Waals surface area contributed by atoms with Crippen LogP contribution >= 0.6 is 0 Å². The first kappa shape index (κ1) is 21.5. The van der Waals surface area contributed by atoms with Crippen molar-refractivity contribution in [3.63, 3.8) is 0 Å². The van der Waals surface area contributed by atoms with Crippen LogP contribution in [0.15, 0.2) is 60.7 Å². The Morgan fingerprint density at radius 1 is 0.939 bits per heavy atom. The lowest BCUT2D eigenvalue weighted by Gasteiger charge is -2.26. The smallest absolute Gasteiger partial charge is 0.253 e. The summed E-state index contributed by atoms with van der Waals surface area (Å²) in [5, 5.41) is 2.24. The number of fused-ring (bicyclic) bond motifs is 1. The predicted molar refractivity (Wildman–Crippen MR) is 130 cm³/mol. The molecule has 2 fully saturated rings. The van der Waals surface area contributed by atoms with Crippen LogP contribution in [0.25, 0.3) is 21.9 Å². The Labute approximate surface area is 194 Å². The molecule has 5 rings (SSSR count). The maximum absolute atomic E-state index is 12.9. The molecule has 0 bridgehead atoms. The van der Waals surface area contributed by atoms with Crippen molar-refractivity contribution in [1.82, 2.24) is 9.80 Å². The van der Waals surface area contributed by atoms with Crippen LogP contribution in [0.4, 0.5) is 0 Å². The minimum Gasteiger partial charge on any atom is -0.493 e. The Morgan fingerprint density at radius 2 is 1.73 bits per heavy atom. The van der Waals surface area contributed by atoms with Crippen molar-refractivity contribution in [2.75, 3.05) is 33.3 Å². The molecule has 3 aromatic rings. The second-order valence-electron chi connectivity index (χ2n) is 9.31. The van der Waals surface area contributed by atoms with E-state index in [2.05, 4.69) is 36.4 Å². The molecule has 33 heavy (non-hydrogen) atoms. The molecule has 2 aliphatic heterocycles. The lowest BCUT2D eigenvalue weighted by Crippen LogP contribution is -2.35. The number of amides is 2. The summed E-state index contributed by atoms with van der Waals surface area (Å²) in [5.74, 6) is 1.37. The van der Waals surface area contributed by atoms with Gasteiger partial charge in [0, 0.05) is 44.6 Å². The highest BCUT2D eigenvalue weighted by atomic mass is 16.5. The first-order valence-electron chi connectivity index (χ1n) is 11.9. The zero-order chi connectivity index (χ0) is 22.8. The number of likely N-dealkylation sites (tertiary alicyclic amines) is 2. The van der Waals surface area contributed by atoms with Gasteiger partial charge in [-0.25, -0.2) is 0 Å². The summed E-state index contributed by atoms with van der Waals surface area (Å²) in [4.78, 5) is 28.4. The Balaban J connectivity index is 1.34. The summed E-state index contributed by atoms with van der Waals surface area (Å²) in [6.45, 7) is 3.01. The number of hydrogen-bond acceptors (Lipinski definition) is 3. The average Bonchev–Trinajstić information content (AvgIpc) is 3.19. The zero-order valence-electron chi connectivity index (χ0n) is 19.1. The van der Waals surface area contributed by atoms with Gasteiger partial charge in [-0.2, -0.15) is 0 Å². The van der Waals surface area contributed by atoms with E-state index < -0.39 is 0 Å². The summed E-state index contributed by atoms with van der Waals surface area (Å²) in [6.07, 6.45) is 3.95.